The van der Waals surface area contributed by atoms with Crippen LogP contribution in [-0.4, -0.2) is 24.4 Å². The molecule has 1 N–H and O–H groups in total. The van der Waals surface area contributed by atoms with Crippen molar-refractivity contribution in [2.24, 2.45) is 5.41 Å². The first-order valence-electron chi connectivity index (χ1n) is 7.27. The minimum Gasteiger partial charge on any atom is -0.467 e. The highest BCUT2D eigenvalue weighted by Crippen LogP contribution is 2.34. The van der Waals surface area contributed by atoms with Gasteiger partial charge >= 0.3 is 5.97 Å². The third-order valence-electron chi connectivity index (χ3n) is 3.82. The third kappa shape index (κ3) is 4.00. The van der Waals surface area contributed by atoms with E-state index in [0.717, 1.165) is 0 Å². The van der Waals surface area contributed by atoms with Crippen molar-refractivity contribution in [2.75, 3.05) is 7.11 Å². The van der Waals surface area contributed by atoms with Crippen LogP contribution in [0.1, 0.15) is 32.8 Å². The average molecular weight is 399 g/mol. The van der Waals surface area contributed by atoms with Crippen LogP contribution < -0.4 is 5.32 Å². The van der Waals surface area contributed by atoms with Crippen LogP contribution in [0.2, 0.25) is 0 Å². The summed E-state index contributed by atoms with van der Waals surface area (Å²) in [6, 6.07) is 6.18. The maximum atomic E-state index is 13.3. The molecule has 0 aliphatic heterocycles. The fourth-order valence-electron chi connectivity index (χ4n) is 2.52. The van der Waals surface area contributed by atoms with Crippen LogP contribution in [0, 0.1) is 22.6 Å². The van der Waals surface area contributed by atoms with Crippen molar-refractivity contribution in [2.45, 2.75) is 39.3 Å². The third-order valence-corrected chi connectivity index (χ3v) is 4.42. The Bertz CT molecular complexity index is 679. The van der Waals surface area contributed by atoms with Crippen molar-refractivity contribution in [3.63, 3.8) is 0 Å². The zero-order valence-electron chi connectivity index (χ0n) is 14.1. The molecule has 0 fully saturated rings. The molecule has 7 heteroatoms. The number of esters is 1. The van der Waals surface area contributed by atoms with E-state index in [1.54, 1.807) is 39.0 Å². The van der Waals surface area contributed by atoms with Gasteiger partial charge in [0.2, 0.25) is 0 Å². The number of hydrogen-bond acceptors (Lipinski definition) is 5. The zero-order valence-corrected chi connectivity index (χ0v) is 15.7. The van der Waals surface area contributed by atoms with Crippen LogP contribution in [0.4, 0.5) is 4.39 Å². The number of ether oxygens (including phenoxy) is 1. The second-order valence-electron chi connectivity index (χ2n) is 6.35. The number of carbonyl (C=O) groups excluding carboxylic acids is 2. The number of nitrogens with zero attached hydrogens (tertiary/aromatic N) is 1. The van der Waals surface area contributed by atoms with Crippen molar-refractivity contribution >= 4 is 27.7 Å². The molecule has 1 atom stereocenters. The first-order valence-corrected chi connectivity index (χ1v) is 8.07. The minimum absolute atomic E-state index is 0.127. The van der Waals surface area contributed by atoms with Crippen molar-refractivity contribution < 1.29 is 18.7 Å². The highest BCUT2D eigenvalue weighted by atomic mass is 79.9. The molecule has 130 valence electrons. The van der Waals surface area contributed by atoms with Gasteiger partial charge in [0, 0.05) is 6.54 Å². The van der Waals surface area contributed by atoms with Crippen LogP contribution in [-0.2, 0) is 20.9 Å². The van der Waals surface area contributed by atoms with Crippen molar-refractivity contribution in [1.82, 2.24) is 5.32 Å². The quantitative estimate of drug-likeness (QED) is 0.588. The Balaban J connectivity index is 3.26. The Labute approximate surface area is 149 Å². The molecule has 0 heterocycles. The molecule has 5 nitrogen and oxygen atoms in total. The first kappa shape index (κ1) is 20.3. The van der Waals surface area contributed by atoms with Gasteiger partial charge in [-0.3, -0.25) is 10.1 Å². The molecule has 1 rings (SSSR count). The van der Waals surface area contributed by atoms with Crippen molar-refractivity contribution in [3.05, 3.63) is 34.1 Å². The number of hydrogen-bond donors (Lipinski definition) is 1. The number of rotatable bonds is 6. The van der Waals surface area contributed by atoms with Gasteiger partial charge in [0.25, 0.3) is 0 Å². The summed E-state index contributed by atoms with van der Waals surface area (Å²) < 4.78 is 18.5. The number of ketones is 1. The molecule has 0 aromatic heterocycles. The standard InChI is InChI=1S/C17H20BrFN2O3/c1-16(2,3)17(15(23)24-4,14(22)7-8-20)21-10-11-5-6-13(19)12(18)9-11/h5-6,9,21H,7,10H2,1-4H3/t17-/m0/s1. The van der Waals surface area contributed by atoms with E-state index in [0.29, 0.717) is 5.56 Å². The van der Waals surface area contributed by atoms with Gasteiger partial charge in [0.1, 0.15) is 5.82 Å². The fraction of sp³-hybridized carbons (Fsp3) is 0.471. The maximum Gasteiger partial charge on any atom is 0.334 e. The molecule has 24 heavy (non-hydrogen) atoms. The van der Waals surface area contributed by atoms with Gasteiger partial charge in [0.15, 0.2) is 11.3 Å². The van der Waals surface area contributed by atoms with E-state index >= 15 is 0 Å². The molecule has 0 bridgehead atoms. The molecule has 0 spiro atoms. The lowest BCUT2D eigenvalue weighted by Crippen LogP contribution is -2.66. The molecule has 0 amide bonds. The van der Waals surface area contributed by atoms with Crippen LogP contribution in [0.15, 0.2) is 22.7 Å². The SMILES string of the molecule is COC(=O)[C@@](NCc1ccc(F)c(Br)c1)(C(=O)CC#N)C(C)(C)C. The molecule has 0 aliphatic carbocycles. The van der Waals surface area contributed by atoms with Crippen LogP contribution in [0.5, 0.6) is 0 Å². The lowest BCUT2D eigenvalue weighted by molar-refractivity contribution is -0.159. The van der Waals surface area contributed by atoms with Crippen LogP contribution in [0.25, 0.3) is 0 Å². The molecule has 0 saturated carbocycles. The number of halogens is 2. The van der Waals surface area contributed by atoms with E-state index < -0.39 is 34.9 Å². The topological polar surface area (TPSA) is 79.2 Å². The molecule has 1 aromatic rings. The van der Waals surface area contributed by atoms with Gasteiger partial charge in [0.05, 0.1) is 24.1 Å². The van der Waals surface area contributed by atoms with Crippen molar-refractivity contribution in [3.8, 4) is 6.07 Å². The van der Waals surface area contributed by atoms with Gasteiger partial charge in [-0.25, -0.2) is 9.18 Å². The summed E-state index contributed by atoms with van der Waals surface area (Å²) in [5, 5.41) is 11.8. The number of carbonyl (C=O) groups is 2. The fourth-order valence-corrected chi connectivity index (χ4v) is 2.94. The second-order valence-corrected chi connectivity index (χ2v) is 7.21. The van der Waals surface area contributed by atoms with E-state index in [1.807, 2.05) is 0 Å². The van der Waals surface area contributed by atoms with E-state index in [9.17, 15) is 14.0 Å². The van der Waals surface area contributed by atoms with Gasteiger partial charge < -0.3 is 4.74 Å². The molecule has 0 radical (unpaired) electrons. The Morgan fingerprint density at radius 3 is 2.46 bits per heavy atom. The number of benzene rings is 1. The number of Topliss-reactive ketones (excluding diaryl/α,β-unsaturated/α-hetero) is 1. The molecule has 0 unspecified atom stereocenters. The van der Waals surface area contributed by atoms with E-state index in [2.05, 4.69) is 21.2 Å². The largest absolute Gasteiger partial charge is 0.467 e. The predicted octanol–water partition coefficient (Wildman–Crippen LogP) is 3.12. The summed E-state index contributed by atoms with van der Waals surface area (Å²) in [6.45, 7) is 5.27. The molecular formula is C17H20BrFN2O3. The minimum atomic E-state index is -1.68. The van der Waals surface area contributed by atoms with Gasteiger partial charge in [-0.2, -0.15) is 5.26 Å². The highest BCUT2D eigenvalue weighted by Gasteiger charge is 2.55. The Kier molecular flexibility index (Phi) is 6.64. The van der Waals surface area contributed by atoms with Crippen LogP contribution >= 0.6 is 15.9 Å². The number of nitrogens with one attached hydrogen (secondary N) is 1. The monoisotopic (exact) mass is 398 g/mol. The second kappa shape index (κ2) is 7.86. The highest BCUT2D eigenvalue weighted by molar-refractivity contribution is 9.10. The summed E-state index contributed by atoms with van der Waals surface area (Å²) in [5.74, 6) is -1.73. The maximum absolute atomic E-state index is 13.3. The van der Waals surface area contributed by atoms with E-state index in [4.69, 9.17) is 10.00 Å². The van der Waals surface area contributed by atoms with Gasteiger partial charge in [-0.15, -0.1) is 0 Å². The molecule has 1 aromatic carbocycles. The van der Waals surface area contributed by atoms with Crippen molar-refractivity contribution in [1.29, 1.82) is 5.26 Å². The molecule has 0 aliphatic rings. The molecular weight excluding hydrogens is 379 g/mol. The Morgan fingerprint density at radius 2 is 2.00 bits per heavy atom. The smallest absolute Gasteiger partial charge is 0.334 e. The normalized spacial score (nSPS) is 13.7. The number of methoxy groups -OCH3 is 1. The lowest BCUT2D eigenvalue weighted by atomic mass is 9.70. The lowest BCUT2D eigenvalue weighted by Gasteiger charge is -2.41. The Morgan fingerprint density at radius 1 is 1.38 bits per heavy atom. The Hall–Kier alpha value is -1.78. The summed E-state index contributed by atoms with van der Waals surface area (Å²) >= 11 is 3.10. The summed E-state index contributed by atoms with van der Waals surface area (Å²) in [5.41, 5.74) is -1.85. The zero-order chi connectivity index (χ0) is 18.5. The average Bonchev–Trinajstić information content (AvgIpc) is 2.49. The number of nitriles is 1. The molecule has 0 saturated heterocycles. The van der Waals surface area contributed by atoms with E-state index in [-0.39, 0.29) is 11.0 Å². The summed E-state index contributed by atoms with van der Waals surface area (Å²) in [7, 11) is 1.19. The first-order chi connectivity index (χ1) is 11.1. The van der Waals surface area contributed by atoms with Gasteiger partial charge in [-0.1, -0.05) is 26.8 Å². The van der Waals surface area contributed by atoms with E-state index in [1.165, 1.54) is 13.2 Å². The van der Waals surface area contributed by atoms with Gasteiger partial charge in [-0.05, 0) is 39.0 Å². The predicted molar refractivity (Wildman–Crippen MR) is 90.4 cm³/mol. The summed E-state index contributed by atoms with van der Waals surface area (Å²) in [6.07, 6.45) is -0.424. The van der Waals surface area contributed by atoms with Crippen LogP contribution in [0.3, 0.4) is 0 Å². The summed E-state index contributed by atoms with van der Waals surface area (Å²) in [4.78, 5) is 25.1.